The van der Waals surface area contributed by atoms with Crippen LogP contribution in [0.3, 0.4) is 0 Å². The Morgan fingerprint density at radius 1 is 1.38 bits per heavy atom. The number of ether oxygens (including phenoxy) is 1. The maximum Gasteiger partial charge on any atom is 0.272 e. The molecule has 0 bridgehead atoms. The SMILES string of the molecule is CC1CCC(C(=O)Nc2ccnc(C(=O)N(C)C3CCNC3)c2)O1. The van der Waals surface area contributed by atoms with Crippen molar-refractivity contribution in [3.05, 3.63) is 24.0 Å². The van der Waals surface area contributed by atoms with Gasteiger partial charge in [-0.3, -0.25) is 14.6 Å². The summed E-state index contributed by atoms with van der Waals surface area (Å²) >= 11 is 0. The molecule has 3 unspecified atom stereocenters. The van der Waals surface area contributed by atoms with Crippen LogP contribution in [0.1, 0.15) is 36.7 Å². The van der Waals surface area contributed by atoms with Gasteiger partial charge in [-0.15, -0.1) is 0 Å². The third kappa shape index (κ3) is 3.73. The summed E-state index contributed by atoms with van der Waals surface area (Å²) in [4.78, 5) is 30.7. The van der Waals surface area contributed by atoms with E-state index >= 15 is 0 Å². The van der Waals surface area contributed by atoms with Crippen LogP contribution in [0.4, 0.5) is 5.69 Å². The van der Waals surface area contributed by atoms with Gasteiger partial charge in [-0.05, 0) is 44.9 Å². The van der Waals surface area contributed by atoms with Crippen LogP contribution in [-0.2, 0) is 9.53 Å². The Hall–Kier alpha value is -1.99. The van der Waals surface area contributed by atoms with Gasteiger partial charge in [-0.2, -0.15) is 0 Å². The molecular weight excluding hydrogens is 308 g/mol. The predicted molar refractivity (Wildman–Crippen MR) is 89.8 cm³/mol. The number of likely N-dealkylation sites (N-methyl/N-ethyl adjacent to an activating group) is 1. The molecule has 0 aliphatic carbocycles. The minimum Gasteiger partial charge on any atom is -0.365 e. The fraction of sp³-hybridized carbons (Fsp3) is 0.588. The largest absolute Gasteiger partial charge is 0.365 e. The summed E-state index contributed by atoms with van der Waals surface area (Å²) < 4.78 is 5.57. The number of hydrogen-bond donors (Lipinski definition) is 2. The summed E-state index contributed by atoms with van der Waals surface area (Å²) in [5, 5.41) is 6.07. The van der Waals surface area contributed by atoms with E-state index in [4.69, 9.17) is 4.74 Å². The number of nitrogens with zero attached hydrogens (tertiary/aromatic N) is 2. The number of carbonyl (C=O) groups excluding carboxylic acids is 2. The smallest absolute Gasteiger partial charge is 0.272 e. The number of hydrogen-bond acceptors (Lipinski definition) is 5. The summed E-state index contributed by atoms with van der Waals surface area (Å²) in [6, 6.07) is 3.49. The molecule has 2 N–H and O–H groups in total. The molecule has 0 radical (unpaired) electrons. The lowest BCUT2D eigenvalue weighted by molar-refractivity contribution is -0.126. The van der Waals surface area contributed by atoms with Crippen molar-refractivity contribution in [2.45, 2.75) is 44.4 Å². The molecule has 0 saturated carbocycles. The summed E-state index contributed by atoms with van der Waals surface area (Å²) in [7, 11) is 1.79. The molecule has 2 aliphatic rings. The summed E-state index contributed by atoms with van der Waals surface area (Å²) in [5.41, 5.74) is 0.905. The highest BCUT2D eigenvalue weighted by Crippen LogP contribution is 2.21. The Balaban J connectivity index is 1.65. The van der Waals surface area contributed by atoms with Crippen LogP contribution in [0.2, 0.25) is 0 Å². The summed E-state index contributed by atoms with van der Waals surface area (Å²) in [6.45, 7) is 3.69. The maximum absolute atomic E-state index is 12.6. The molecule has 130 valence electrons. The second kappa shape index (κ2) is 7.27. The summed E-state index contributed by atoms with van der Waals surface area (Å²) in [5.74, 6) is -0.303. The molecule has 24 heavy (non-hydrogen) atoms. The second-order valence-electron chi connectivity index (χ2n) is 6.49. The highest BCUT2D eigenvalue weighted by molar-refractivity contribution is 5.97. The first kappa shape index (κ1) is 16.9. The Bertz CT molecular complexity index is 616. The normalized spacial score (nSPS) is 26.3. The first-order chi connectivity index (χ1) is 11.5. The van der Waals surface area contributed by atoms with E-state index in [1.54, 1.807) is 30.3 Å². The van der Waals surface area contributed by atoms with Gasteiger partial charge in [-0.1, -0.05) is 0 Å². The minimum absolute atomic E-state index is 0.115. The standard InChI is InChI=1S/C17H24N4O3/c1-11-3-4-15(24-11)16(22)20-12-5-8-19-14(9-12)17(23)21(2)13-6-7-18-10-13/h5,8-9,11,13,15,18H,3-4,6-7,10H2,1-2H3,(H,19,20,22). The molecule has 2 amide bonds. The minimum atomic E-state index is -0.417. The van der Waals surface area contributed by atoms with E-state index in [0.29, 0.717) is 11.4 Å². The van der Waals surface area contributed by atoms with Crippen molar-refractivity contribution in [2.24, 2.45) is 0 Å². The lowest BCUT2D eigenvalue weighted by atomic mass is 10.2. The molecule has 1 aromatic heterocycles. The van der Waals surface area contributed by atoms with E-state index in [9.17, 15) is 9.59 Å². The van der Waals surface area contributed by atoms with Gasteiger partial charge in [0.1, 0.15) is 11.8 Å². The molecule has 0 spiro atoms. The molecule has 3 atom stereocenters. The van der Waals surface area contributed by atoms with Crippen LogP contribution >= 0.6 is 0 Å². The van der Waals surface area contributed by atoms with E-state index in [-0.39, 0.29) is 24.0 Å². The quantitative estimate of drug-likeness (QED) is 0.860. The van der Waals surface area contributed by atoms with Crippen LogP contribution in [0.25, 0.3) is 0 Å². The monoisotopic (exact) mass is 332 g/mol. The molecule has 3 rings (SSSR count). The van der Waals surface area contributed by atoms with Gasteiger partial charge in [-0.25, -0.2) is 0 Å². The fourth-order valence-corrected chi connectivity index (χ4v) is 3.16. The highest BCUT2D eigenvalue weighted by Gasteiger charge is 2.29. The Labute approximate surface area is 141 Å². The zero-order chi connectivity index (χ0) is 17.1. The fourth-order valence-electron chi connectivity index (χ4n) is 3.16. The molecule has 7 heteroatoms. The van der Waals surface area contributed by atoms with Gasteiger partial charge in [0.15, 0.2) is 0 Å². The number of nitrogens with one attached hydrogen (secondary N) is 2. The summed E-state index contributed by atoms with van der Waals surface area (Å²) in [6.07, 6.45) is 3.79. The zero-order valence-corrected chi connectivity index (χ0v) is 14.1. The molecule has 1 aromatic rings. The molecule has 7 nitrogen and oxygen atoms in total. The zero-order valence-electron chi connectivity index (χ0n) is 14.1. The number of amides is 2. The number of anilines is 1. The Kier molecular flexibility index (Phi) is 5.11. The van der Waals surface area contributed by atoms with Gasteiger partial charge in [0.25, 0.3) is 11.8 Å². The van der Waals surface area contributed by atoms with E-state index in [1.807, 2.05) is 6.92 Å². The maximum atomic E-state index is 12.6. The molecule has 2 aliphatic heterocycles. The third-order valence-corrected chi connectivity index (χ3v) is 4.67. The topological polar surface area (TPSA) is 83.6 Å². The molecule has 2 fully saturated rings. The van der Waals surface area contributed by atoms with Crippen LogP contribution in [-0.4, -0.2) is 60.1 Å². The molecule has 0 aromatic carbocycles. The predicted octanol–water partition coefficient (Wildman–Crippen LogP) is 1.02. The molecular formula is C17H24N4O3. The van der Waals surface area contributed by atoms with Gasteiger partial charge < -0.3 is 20.3 Å². The van der Waals surface area contributed by atoms with Crippen molar-refractivity contribution in [1.82, 2.24) is 15.2 Å². The van der Waals surface area contributed by atoms with Crippen LogP contribution < -0.4 is 10.6 Å². The van der Waals surface area contributed by atoms with Gasteiger partial charge in [0.2, 0.25) is 0 Å². The Morgan fingerprint density at radius 2 is 2.21 bits per heavy atom. The lowest BCUT2D eigenvalue weighted by Gasteiger charge is -2.23. The number of pyridine rings is 1. The van der Waals surface area contributed by atoms with Gasteiger partial charge >= 0.3 is 0 Å². The van der Waals surface area contributed by atoms with E-state index in [1.165, 1.54) is 0 Å². The van der Waals surface area contributed by atoms with Crippen molar-refractivity contribution >= 4 is 17.5 Å². The first-order valence-electron chi connectivity index (χ1n) is 8.45. The van der Waals surface area contributed by atoms with Crippen molar-refractivity contribution in [3.8, 4) is 0 Å². The van der Waals surface area contributed by atoms with Gasteiger partial charge in [0, 0.05) is 31.5 Å². The number of aromatic nitrogens is 1. The third-order valence-electron chi connectivity index (χ3n) is 4.67. The lowest BCUT2D eigenvalue weighted by Crippen LogP contribution is -2.38. The van der Waals surface area contributed by atoms with Crippen LogP contribution in [0.15, 0.2) is 18.3 Å². The molecule has 3 heterocycles. The highest BCUT2D eigenvalue weighted by atomic mass is 16.5. The molecule has 2 saturated heterocycles. The average molecular weight is 332 g/mol. The number of carbonyl (C=O) groups is 2. The van der Waals surface area contributed by atoms with Crippen molar-refractivity contribution in [2.75, 3.05) is 25.5 Å². The van der Waals surface area contributed by atoms with Crippen molar-refractivity contribution in [3.63, 3.8) is 0 Å². The van der Waals surface area contributed by atoms with Gasteiger partial charge in [0.05, 0.1) is 6.10 Å². The van der Waals surface area contributed by atoms with Crippen LogP contribution in [0.5, 0.6) is 0 Å². The van der Waals surface area contributed by atoms with Crippen molar-refractivity contribution < 1.29 is 14.3 Å². The Morgan fingerprint density at radius 3 is 2.88 bits per heavy atom. The first-order valence-corrected chi connectivity index (χ1v) is 8.45. The second-order valence-corrected chi connectivity index (χ2v) is 6.49. The van der Waals surface area contributed by atoms with Crippen LogP contribution in [0, 0.1) is 0 Å². The van der Waals surface area contributed by atoms with E-state index in [2.05, 4.69) is 15.6 Å². The van der Waals surface area contributed by atoms with E-state index in [0.717, 1.165) is 32.4 Å². The number of rotatable bonds is 4. The van der Waals surface area contributed by atoms with Crippen molar-refractivity contribution in [1.29, 1.82) is 0 Å². The van der Waals surface area contributed by atoms with E-state index < -0.39 is 6.10 Å². The average Bonchev–Trinajstić information content (AvgIpc) is 3.25.